The molecule has 1 unspecified atom stereocenters. The van der Waals surface area contributed by atoms with Crippen molar-refractivity contribution < 1.29 is 4.79 Å². The van der Waals surface area contributed by atoms with E-state index < -0.39 is 0 Å². The summed E-state index contributed by atoms with van der Waals surface area (Å²) in [7, 11) is 3.55. The Bertz CT molecular complexity index is 580. The van der Waals surface area contributed by atoms with E-state index in [0.717, 1.165) is 25.5 Å². The molecular weight excluding hydrogens is 300 g/mol. The van der Waals surface area contributed by atoms with Crippen LogP contribution in [0.4, 0.5) is 0 Å². The number of hydrogen-bond acceptors (Lipinski definition) is 2. The lowest BCUT2D eigenvalue weighted by Gasteiger charge is -2.22. The van der Waals surface area contributed by atoms with Crippen molar-refractivity contribution in [1.82, 2.24) is 15.1 Å². The van der Waals surface area contributed by atoms with Gasteiger partial charge in [-0.05, 0) is 37.2 Å². The van der Waals surface area contributed by atoms with Crippen molar-refractivity contribution in [2.75, 3.05) is 33.7 Å². The van der Waals surface area contributed by atoms with E-state index >= 15 is 0 Å². The Labute approximate surface area is 144 Å². The highest BCUT2D eigenvalue weighted by atomic mass is 16.2. The third-order valence-electron chi connectivity index (χ3n) is 4.73. The Hall–Kier alpha value is -2.04. The fourth-order valence-electron chi connectivity index (χ4n) is 3.07. The van der Waals surface area contributed by atoms with Crippen LogP contribution in [0.1, 0.15) is 24.8 Å². The third-order valence-corrected chi connectivity index (χ3v) is 4.73. The van der Waals surface area contributed by atoms with Gasteiger partial charge in [0.15, 0.2) is 5.96 Å². The second-order valence-corrected chi connectivity index (χ2v) is 7.14. The molecule has 1 atom stereocenters. The minimum atomic E-state index is 0.0464. The lowest BCUT2D eigenvalue weighted by molar-refractivity contribution is -0.127. The van der Waals surface area contributed by atoms with Crippen LogP contribution in [0.5, 0.6) is 0 Å². The van der Waals surface area contributed by atoms with Gasteiger partial charge in [0.2, 0.25) is 5.91 Å². The molecule has 24 heavy (non-hydrogen) atoms. The molecule has 1 heterocycles. The van der Waals surface area contributed by atoms with Gasteiger partial charge in [-0.3, -0.25) is 4.79 Å². The van der Waals surface area contributed by atoms with Crippen LogP contribution in [0.2, 0.25) is 0 Å². The molecule has 130 valence electrons. The Kier molecular flexibility index (Phi) is 5.38. The van der Waals surface area contributed by atoms with E-state index in [1.807, 2.05) is 0 Å². The van der Waals surface area contributed by atoms with Crippen LogP contribution in [0.3, 0.4) is 0 Å². The quantitative estimate of drug-likeness (QED) is 0.662. The van der Waals surface area contributed by atoms with Crippen LogP contribution < -0.4 is 5.32 Å². The van der Waals surface area contributed by atoms with Crippen molar-refractivity contribution >= 4 is 11.9 Å². The van der Waals surface area contributed by atoms with E-state index in [2.05, 4.69) is 45.5 Å². The molecule has 1 aliphatic carbocycles. The van der Waals surface area contributed by atoms with Gasteiger partial charge in [-0.15, -0.1) is 0 Å². The van der Waals surface area contributed by atoms with Crippen molar-refractivity contribution in [3.05, 3.63) is 35.9 Å². The van der Waals surface area contributed by atoms with Crippen LogP contribution in [-0.4, -0.2) is 61.4 Å². The highest BCUT2D eigenvalue weighted by Crippen LogP contribution is 2.23. The van der Waals surface area contributed by atoms with Crippen molar-refractivity contribution in [3.63, 3.8) is 0 Å². The van der Waals surface area contributed by atoms with Crippen LogP contribution in [0.25, 0.3) is 0 Å². The first-order valence-electron chi connectivity index (χ1n) is 8.92. The minimum absolute atomic E-state index is 0.0464. The number of likely N-dealkylation sites (N-methyl/N-ethyl adjacent to an activating group) is 1. The Balaban J connectivity index is 1.59. The highest BCUT2D eigenvalue weighted by Gasteiger charge is 2.29. The van der Waals surface area contributed by atoms with Crippen molar-refractivity contribution in [2.45, 2.75) is 31.7 Å². The Morgan fingerprint density at radius 3 is 2.67 bits per heavy atom. The first-order valence-corrected chi connectivity index (χ1v) is 8.92. The second-order valence-electron chi connectivity index (χ2n) is 7.14. The number of hydrogen-bond donors (Lipinski definition) is 1. The number of rotatable bonds is 5. The van der Waals surface area contributed by atoms with Crippen LogP contribution >= 0.6 is 0 Å². The summed E-state index contributed by atoms with van der Waals surface area (Å²) in [6, 6.07) is 11.2. The van der Waals surface area contributed by atoms with Gasteiger partial charge in [-0.1, -0.05) is 30.3 Å². The molecule has 0 spiro atoms. The molecule has 1 aromatic carbocycles. The topological polar surface area (TPSA) is 47.9 Å². The van der Waals surface area contributed by atoms with Crippen molar-refractivity contribution in [3.8, 4) is 0 Å². The average molecular weight is 328 g/mol. The van der Waals surface area contributed by atoms with Gasteiger partial charge in [0.05, 0.1) is 0 Å². The standard InChI is InChI=1S/C19H28N4O/c1-22(2)18(24)13-20-19(21-17-8-9-17)23-11-10-16(14-23)12-15-6-4-3-5-7-15/h3-7,16-17H,8-14H2,1-2H3,(H,20,21). The van der Waals surface area contributed by atoms with Crippen molar-refractivity contribution in [1.29, 1.82) is 0 Å². The van der Waals surface area contributed by atoms with Crippen molar-refractivity contribution in [2.24, 2.45) is 10.9 Å². The lowest BCUT2D eigenvalue weighted by Crippen LogP contribution is -2.42. The number of carbonyl (C=O) groups excluding carboxylic acids is 1. The molecule has 1 aliphatic heterocycles. The summed E-state index contributed by atoms with van der Waals surface area (Å²) >= 11 is 0. The molecule has 1 aromatic rings. The summed E-state index contributed by atoms with van der Waals surface area (Å²) in [5, 5.41) is 3.52. The summed E-state index contributed by atoms with van der Waals surface area (Å²) in [4.78, 5) is 20.4. The van der Waals surface area contributed by atoms with Gasteiger partial charge in [-0.2, -0.15) is 0 Å². The minimum Gasteiger partial charge on any atom is -0.353 e. The maximum Gasteiger partial charge on any atom is 0.243 e. The van der Waals surface area contributed by atoms with Gasteiger partial charge in [0, 0.05) is 33.2 Å². The summed E-state index contributed by atoms with van der Waals surface area (Å²) in [5.41, 5.74) is 1.40. The number of amides is 1. The molecule has 1 saturated carbocycles. The summed E-state index contributed by atoms with van der Waals surface area (Å²) in [6.07, 6.45) is 4.72. The van der Waals surface area contributed by atoms with Gasteiger partial charge in [-0.25, -0.2) is 4.99 Å². The normalized spacial score (nSPS) is 21.0. The molecule has 1 amide bonds. The van der Waals surface area contributed by atoms with Gasteiger partial charge in [0.25, 0.3) is 0 Å². The van der Waals surface area contributed by atoms with E-state index in [1.165, 1.54) is 24.8 Å². The molecule has 5 heteroatoms. The zero-order valence-corrected chi connectivity index (χ0v) is 14.7. The SMILES string of the molecule is CN(C)C(=O)CN=C(NC1CC1)N1CCC(Cc2ccccc2)C1. The van der Waals surface area contributed by atoms with Crippen LogP contribution in [-0.2, 0) is 11.2 Å². The number of aliphatic imine (C=N–C) groups is 1. The Morgan fingerprint density at radius 2 is 2.00 bits per heavy atom. The predicted octanol–water partition coefficient (Wildman–Crippen LogP) is 1.75. The number of likely N-dealkylation sites (tertiary alicyclic amines) is 1. The van der Waals surface area contributed by atoms with Crippen LogP contribution in [0.15, 0.2) is 35.3 Å². The zero-order valence-electron chi connectivity index (χ0n) is 14.7. The fraction of sp³-hybridized carbons (Fsp3) is 0.579. The molecule has 0 aromatic heterocycles. The Morgan fingerprint density at radius 1 is 1.25 bits per heavy atom. The molecular formula is C19H28N4O. The second kappa shape index (κ2) is 7.69. The summed E-state index contributed by atoms with van der Waals surface area (Å²) in [5.74, 6) is 1.62. The third kappa shape index (κ3) is 4.73. The van der Waals surface area contributed by atoms with E-state index in [0.29, 0.717) is 12.0 Å². The molecule has 5 nitrogen and oxygen atoms in total. The number of nitrogens with one attached hydrogen (secondary N) is 1. The molecule has 0 bridgehead atoms. The first-order chi connectivity index (χ1) is 11.6. The highest BCUT2D eigenvalue weighted by molar-refractivity contribution is 5.85. The summed E-state index contributed by atoms with van der Waals surface area (Å²) < 4.78 is 0. The molecule has 0 radical (unpaired) electrons. The average Bonchev–Trinajstić information content (AvgIpc) is 3.29. The monoisotopic (exact) mass is 328 g/mol. The van der Waals surface area contributed by atoms with E-state index in [4.69, 9.17) is 0 Å². The van der Waals surface area contributed by atoms with E-state index in [1.54, 1.807) is 19.0 Å². The predicted molar refractivity (Wildman–Crippen MR) is 97.0 cm³/mol. The fourth-order valence-corrected chi connectivity index (χ4v) is 3.07. The number of benzene rings is 1. The number of nitrogens with zero attached hydrogens (tertiary/aromatic N) is 3. The summed E-state index contributed by atoms with van der Waals surface area (Å²) in [6.45, 7) is 2.26. The smallest absolute Gasteiger partial charge is 0.243 e. The van der Waals surface area contributed by atoms with Crippen LogP contribution in [0, 0.1) is 5.92 Å². The lowest BCUT2D eigenvalue weighted by atomic mass is 9.99. The molecule has 3 rings (SSSR count). The molecule has 2 aliphatic rings. The maximum atomic E-state index is 11.8. The van der Waals surface area contributed by atoms with Gasteiger partial charge < -0.3 is 15.1 Å². The zero-order chi connectivity index (χ0) is 16.9. The first kappa shape index (κ1) is 16.8. The molecule has 2 fully saturated rings. The molecule has 1 N–H and O–H groups in total. The molecule has 1 saturated heterocycles. The van der Waals surface area contributed by atoms with Gasteiger partial charge >= 0.3 is 0 Å². The largest absolute Gasteiger partial charge is 0.353 e. The maximum absolute atomic E-state index is 11.8. The number of guanidine groups is 1. The number of carbonyl (C=O) groups is 1. The van der Waals surface area contributed by atoms with E-state index in [-0.39, 0.29) is 12.5 Å². The van der Waals surface area contributed by atoms with E-state index in [9.17, 15) is 4.79 Å². The van der Waals surface area contributed by atoms with Gasteiger partial charge in [0.1, 0.15) is 6.54 Å².